The Morgan fingerprint density at radius 3 is 2.40 bits per heavy atom. The standard InChI is InChI=1S/C26H27BrClNO6/c1-7-33-23(31)26(5,6)34-21-11-8-16(27)12-15(21)13-19-18-10-9-17(28)14-20(18)29(22(19)30)24(32)35-25(2,3)4/h8-14H,7H2,1-6H3/b19-13-. The van der Waals surface area contributed by atoms with Gasteiger partial charge in [0.25, 0.3) is 5.91 Å². The zero-order valence-corrected chi connectivity index (χ0v) is 22.7. The molecule has 0 aromatic heterocycles. The minimum atomic E-state index is -1.27. The first-order valence-corrected chi connectivity index (χ1v) is 12.2. The zero-order chi connectivity index (χ0) is 26.1. The molecule has 0 radical (unpaired) electrons. The van der Waals surface area contributed by atoms with Crippen LogP contribution in [0.2, 0.25) is 5.02 Å². The quantitative estimate of drug-likeness (QED) is 0.299. The van der Waals surface area contributed by atoms with E-state index >= 15 is 0 Å². The van der Waals surface area contributed by atoms with Crippen LogP contribution in [0, 0.1) is 0 Å². The zero-order valence-electron chi connectivity index (χ0n) is 20.4. The van der Waals surface area contributed by atoms with Crippen LogP contribution in [0.3, 0.4) is 0 Å². The van der Waals surface area contributed by atoms with Crippen molar-refractivity contribution in [2.45, 2.75) is 52.7 Å². The van der Waals surface area contributed by atoms with E-state index in [-0.39, 0.29) is 12.2 Å². The van der Waals surface area contributed by atoms with Crippen LogP contribution >= 0.6 is 27.5 Å². The Kier molecular flexibility index (Phi) is 7.67. The first kappa shape index (κ1) is 26.8. The van der Waals surface area contributed by atoms with E-state index in [0.717, 1.165) is 9.37 Å². The molecule has 9 heteroatoms. The lowest BCUT2D eigenvalue weighted by Crippen LogP contribution is -2.40. The number of amides is 2. The van der Waals surface area contributed by atoms with Gasteiger partial charge in [-0.2, -0.15) is 0 Å². The molecule has 0 aliphatic carbocycles. The van der Waals surface area contributed by atoms with Gasteiger partial charge in [0, 0.05) is 20.6 Å². The van der Waals surface area contributed by atoms with Gasteiger partial charge in [0.05, 0.1) is 17.9 Å². The average Bonchev–Trinajstić information content (AvgIpc) is 2.99. The highest BCUT2D eigenvalue weighted by molar-refractivity contribution is 9.10. The monoisotopic (exact) mass is 563 g/mol. The Morgan fingerprint density at radius 2 is 1.77 bits per heavy atom. The molecule has 0 atom stereocenters. The smallest absolute Gasteiger partial charge is 0.422 e. The second kappa shape index (κ2) is 10.0. The normalized spacial score (nSPS) is 14.7. The van der Waals surface area contributed by atoms with Gasteiger partial charge in [-0.1, -0.05) is 33.6 Å². The van der Waals surface area contributed by atoms with Crippen molar-refractivity contribution in [2.75, 3.05) is 11.5 Å². The molecule has 0 N–H and O–H groups in total. The minimum Gasteiger partial charge on any atom is -0.476 e. The number of halogens is 2. The Balaban J connectivity index is 2.10. The largest absolute Gasteiger partial charge is 0.476 e. The fourth-order valence-electron chi connectivity index (χ4n) is 3.39. The van der Waals surface area contributed by atoms with Crippen LogP contribution in [-0.4, -0.2) is 35.8 Å². The van der Waals surface area contributed by atoms with Gasteiger partial charge in [-0.15, -0.1) is 0 Å². The molecule has 1 aliphatic rings. The van der Waals surface area contributed by atoms with Crippen molar-refractivity contribution in [1.29, 1.82) is 0 Å². The fraction of sp³-hybridized carbons (Fsp3) is 0.346. The molecule has 0 bridgehead atoms. The van der Waals surface area contributed by atoms with E-state index in [9.17, 15) is 14.4 Å². The summed E-state index contributed by atoms with van der Waals surface area (Å²) in [5, 5.41) is 0.369. The van der Waals surface area contributed by atoms with Crippen molar-refractivity contribution < 1.29 is 28.6 Å². The second-order valence-corrected chi connectivity index (χ2v) is 10.7. The van der Waals surface area contributed by atoms with Gasteiger partial charge in [0.1, 0.15) is 11.4 Å². The third-order valence-corrected chi connectivity index (χ3v) is 5.63. The van der Waals surface area contributed by atoms with Gasteiger partial charge < -0.3 is 14.2 Å². The fourth-order valence-corrected chi connectivity index (χ4v) is 3.94. The molecule has 0 saturated carbocycles. The number of hydrogen-bond donors (Lipinski definition) is 0. The van der Waals surface area contributed by atoms with Gasteiger partial charge >= 0.3 is 12.1 Å². The Labute approximate surface area is 218 Å². The predicted molar refractivity (Wildman–Crippen MR) is 139 cm³/mol. The number of anilines is 1. The number of esters is 1. The lowest BCUT2D eigenvalue weighted by molar-refractivity contribution is -0.158. The van der Waals surface area contributed by atoms with Crippen molar-refractivity contribution in [2.24, 2.45) is 0 Å². The van der Waals surface area contributed by atoms with E-state index in [4.69, 9.17) is 25.8 Å². The first-order valence-electron chi connectivity index (χ1n) is 11.0. The lowest BCUT2D eigenvalue weighted by atomic mass is 10.0. The summed E-state index contributed by atoms with van der Waals surface area (Å²) in [6.07, 6.45) is 0.810. The van der Waals surface area contributed by atoms with Gasteiger partial charge in [-0.05, 0) is 78.0 Å². The van der Waals surface area contributed by atoms with Crippen LogP contribution in [0.5, 0.6) is 5.75 Å². The molecule has 3 rings (SSSR count). The molecule has 0 fully saturated rings. The number of carbonyl (C=O) groups is 3. The highest BCUT2D eigenvalue weighted by Gasteiger charge is 2.39. The summed E-state index contributed by atoms with van der Waals surface area (Å²) >= 11 is 9.62. The van der Waals surface area contributed by atoms with Gasteiger partial charge in [0.15, 0.2) is 5.60 Å². The van der Waals surface area contributed by atoms with Gasteiger partial charge in [0.2, 0.25) is 0 Å². The van der Waals surface area contributed by atoms with Crippen LogP contribution in [0.1, 0.15) is 52.7 Å². The first-order chi connectivity index (χ1) is 16.2. The third-order valence-electron chi connectivity index (χ3n) is 4.90. The van der Waals surface area contributed by atoms with Crippen LogP contribution in [0.15, 0.2) is 40.9 Å². The van der Waals surface area contributed by atoms with Crippen LogP contribution in [-0.2, 0) is 19.1 Å². The minimum absolute atomic E-state index is 0.219. The SMILES string of the molecule is CCOC(=O)C(C)(C)Oc1ccc(Br)cc1/C=C1\C(=O)N(C(=O)OC(C)(C)C)c2cc(Cl)ccc21. The Hall–Kier alpha value is -2.84. The molecule has 1 aliphatic heterocycles. The molecule has 0 saturated heterocycles. The topological polar surface area (TPSA) is 82.1 Å². The van der Waals surface area contributed by atoms with Crippen molar-refractivity contribution >= 4 is 62.8 Å². The second-order valence-electron chi connectivity index (χ2n) is 9.36. The van der Waals surface area contributed by atoms with E-state index in [1.807, 2.05) is 0 Å². The summed E-state index contributed by atoms with van der Waals surface area (Å²) in [7, 11) is 0. The maximum absolute atomic E-state index is 13.5. The number of hydrogen-bond acceptors (Lipinski definition) is 6. The number of benzene rings is 2. The molecule has 2 amide bonds. The summed E-state index contributed by atoms with van der Waals surface area (Å²) in [5.41, 5.74) is -0.461. The summed E-state index contributed by atoms with van der Waals surface area (Å²) in [4.78, 5) is 39.7. The lowest BCUT2D eigenvalue weighted by Gasteiger charge is -2.25. The maximum atomic E-state index is 13.5. The van der Waals surface area contributed by atoms with E-state index < -0.39 is 29.2 Å². The predicted octanol–water partition coefficient (Wildman–Crippen LogP) is 6.65. The number of fused-ring (bicyclic) bond motifs is 1. The van der Waals surface area contributed by atoms with Crippen molar-refractivity contribution in [3.63, 3.8) is 0 Å². The molecule has 7 nitrogen and oxygen atoms in total. The molecule has 35 heavy (non-hydrogen) atoms. The van der Waals surface area contributed by atoms with Gasteiger partial charge in [-0.25, -0.2) is 14.5 Å². The molecule has 0 spiro atoms. The number of carbonyl (C=O) groups excluding carboxylic acids is 3. The highest BCUT2D eigenvalue weighted by atomic mass is 79.9. The van der Waals surface area contributed by atoms with E-state index in [0.29, 0.717) is 27.6 Å². The Bertz CT molecular complexity index is 1210. The molecule has 0 unspecified atom stereocenters. The molecule has 2 aromatic carbocycles. The number of imide groups is 1. The summed E-state index contributed by atoms with van der Waals surface area (Å²) in [6.45, 7) is 10.3. The molecule has 1 heterocycles. The van der Waals surface area contributed by atoms with Gasteiger partial charge in [-0.3, -0.25) is 4.79 Å². The molecule has 2 aromatic rings. The molecular formula is C26H27BrClNO6. The molecular weight excluding hydrogens is 538 g/mol. The van der Waals surface area contributed by atoms with Crippen molar-refractivity contribution in [3.8, 4) is 5.75 Å². The van der Waals surface area contributed by atoms with E-state index in [1.165, 1.54) is 0 Å². The summed E-state index contributed by atoms with van der Waals surface area (Å²) in [5.74, 6) is -0.723. The maximum Gasteiger partial charge on any atom is 0.422 e. The average molecular weight is 565 g/mol. The van der Waals surface area contributed by atoms with Crippen LogP contribution in [0.4, 0.5) is 10.5 Å². The number of rotatable bonds is 5. The van der Waals surface area contributed by atoms with Crippen LogP contribution < -0.4 is 9.64 Å². The van der Waals surface area contributed by atoms with E-state index in [1.54, 1.807) is 84.0 Å². The van der Waals surface area contributed by atoms with E-state index in [2.05, 4.69) is 15.9 Å². The summed E-state index contributed by atoms with van der Waals surface area (Å²) < 4.78 is 17.3. The Morgan fingerprint density at radius 1 is 1.09 bits per heavy atom. The third kappa shape index (κ3) is 6.05. The van der Waals surface area contributed by atoms with Crippen molar-refractivity contribution in [3.05, 3.63) is 57.0 Å². The molecule has 186 valence electrons. The summed E-state index contributed by atoms with van der Waals surface area (Å²) in [6, 6.07) is 10.1. The highest BCUT2D eigenvalue weighted by Crippen LogP contribution is 2.41. The number of nitrogens with zero attached hydrogens (tertiary/aromatic N) is 1. The van der Waals surface area contributed by atoms with Crippen molar-refractivity contribution in [1.82, 2.24) is 0 Å². The van der Waals surface area contributed by atoms with Crippen LogP contribution in [0.25, 0.3) is 11.6 Å². The number of ether oxygens (including phenoxy) is 3.